The third-order valence-electron chi connectivity index (χ3n) is 4.85. The van der Waals surface area contributed by atoms with Crippen molar-refractivity contribution in [1.29, 1.82) is 5.26 Å². The van der Waals surface area contributed by atoms with Crippen LogP contribution in [0, 0.1) is 17.1 Å². The Morgan fingerprint density at radius 2 is 1.83 bits per heavy atom. The molecule has 0 aliphatic carbocycles. The lowest BCUT2D eigenvalue weighted by atomic mass is 10.1. The van der Waals surface area contributed by atoms with Crippen molar-refractivity contribution in [3.8, 4) is 28.8 Å². The number of aromatic nitrogens is 4. The van der Waals surface area contributed by atoms with Crippen LogP contribution in [0.25, 0.3) is 11.3 Å². The Morgan fingerprint density at radius 1 is 1.11 bits per heavy atom. The molecule has 2 aromatic carbocycles. The number of H-pyrrole nitrogens is 1. The highest BCUT2D eigenvalue weighted by molar-refractivity contribution is 6.30. The lowest BCUT2D eigenvalue weighted by molar-refractivity contribution is -0.142. The Hall–Kier alpha value is -4.50. The Labute approximate surface area is 204 Å². The molecule has 0 fully saturated rings. The fourth-order valence-electron chi connectivity index (χ4n) is 3.20. The highest BCUT2D eigenvalue weighted by Gasteiger charge is 2.38. The van der Waals surface area contributed by atoms with Crippen molar-refractivity contribution in [2.24, 2.45) is 0 Å². The van der Waals surface area contributed by atoms with E-state index in [0.717, 1.165) is 16.7 Å². The van der Waals surface area contributed by atoms with E-state index in [1.807, 2.05) is 0 Å². The number of nitrogens with one attached hydrogen (secondary N) is 1. The summed E-state index contributed by atoms with van der Waals surface area (Å²) in [6, 6.07) is 11.8. The minimum Gasteiger partial charge on any atom is -0.449 e. The second-order valence-corrected chi connectivity index (χ2v) is 7.79. The van der Waals surface area contributed by atoms with Gasteiger partial charge in [-0.15, -0.1) is 0 Å². The maximum absolute atomic E-state index is 13.6. The van der Waals surface area contributed by atoms with Gasteiger partial charge < -0.3 is 4.74 Å². The van der Waals surface area contributed by atoms with Crippen molar-refractivity contribution in [3.63, 3.8) is 0 Å². The molecule has 4 aromatic rings. The van der Waals surface area contributed by atoms with Crippen LogP contribution < -0.4 is 15.9 Å². The first-order chi connectivity index (χ1) is 17.0. The molecule has 0 spiro atoms. The van der Waals surface area contributed by atoms with E-state index >= 15 is 0 Å². The number of hydrogen-bond donors (Lipinski definition) is 1. The van der Waals surface area contributed by atoms with Gasteiger partial charge in [0.1, 0.15) is 11.6 Å². The van der Waals surface area contributed by atoms with E-state index in [9.17, 15) is 27.2 Å². The molecular formula is C23H12ClF4N5O3. The summed E-state index contributed by atoms with van der Waals surface area (Å²) in [4.78, 5) is 28.7. The van der Waals surface area contributed by atoms with Crippen LogP contribution in [-0.2, 0) is 12.7 Å². The molecule has 0 aliphatic heterocycles. The summed E-state index contributed by atoms with van der Waals surface area (Å²) in [5, 5.41) is 15.2. The van der Waals surface area contributed by atoms with Crippen LogP contribution in [0.3, 0.4) is 0 Å². The number of aromatic amines is 1. The largest absolute Gasteiger partial charge is 0.449 e. The number of nitriles is 1. The van der Waals surface area contributed by atoms with E-state index < -0.39 is 41.1 Å². The zero-order valence-electron chi connectivity index (χ0n) is 17.8. The van der Waals surface area contributed by atoms with Crippen molar-refractivity contribution in [3.05, 3.63) is 103 Å². The van der Waals surface area contributed by atoms with E-state index in [-0.39, 0.29) is 27.6 Å². The Morgan fingerprint density at radius 3 is 2.50 bits per heavy atom. The molecular weight excluding hydrogens is 506 g/mol. The normalized spacial score (nSPS) is 11.2. The fourth-order valence-corrected chi connectivity index (χ4v) is 3.42. The molecule has 8 nitrogen and oxygen atoms in total. The number of hydrogen-bond acceptors (Lipinski definition) is 6. The van der Waals surface area contributed by atoms with Gasteiger partial charge in [0.05, 0.1) is 30.2 Å². The van der Waals surface area contributed by atoms with Gasteiger partial charge in [-0.2, -0.15) is 23.5 Å². The third-order valence-corrected chi connectivity index (χ3v) is 5.06. The van der Waals surface area contributed by atoms with Crippen molar-refractivity contribution < 1.29 is 22.3 Å². The van der Waals surface area contributed by atoms with Crippen LogP contribution >= 0.6 is 11.6 Å². The quantitative estimate of drug-likeness (QED) is 0.389. The fraction of sp³-hybridized carbons (Fsp3) is 0.0870. The molecule has 0 radical (unpaired) electrons. The molecule has 0 saturated carbocycles. The first-order valence-corrected chi connectivity index (χ1v) is 10.3. The van der Waals surface area contributed by atoms with E-state index in [0.29, 0.717) is 11.9 Å². The van der Waals surface area contributed by atoms with Crippen molar-refractivity contribution >= 4 is 11.6 Å². The zero-order chi connectivity index (χ0) is 26.0. The first kappa shape index (κ1) is 24.6. The van der Waals surface area contributed by atoms with Gasteiger partial charge in [-0.1, -0.05) is 11.6 Å². The molecule has 0 aliphatic rings. The SMILES string of the molecule is N#Cc1cc(Cl)cc(Oc2c(C(F)(F)F)ncn(Cc3cc(-c4ccc(F)cc4)n[nH]c3=O)c2=O)c1. The van der Waals surface area contributed by atoms with E-state index in [1.54, 1.807) is 6.07 Å². The summed E-state index contributed by atoms with van der Waals surface area (Å²) in [6.45, 7) is -0.481. The molecule has 13 heteroatoms. The number of ether oxygens (including phenoxy) is 1. The molecule has 0 amide bonds. The van der Waals surface area contributed by atoms with Crippen molar-refractivity contribution in [2.75, 3.05) is 0 Å². The smallest absolute Gasteiger partial charge is 0.437 e. The van der Waals surface area contributed by atoms with Crippen LogP contribution in [0.2, 0.25) is 5.02 Å². The topological polar surface area (TPSA) is 114 Å². The minimum atomic E-state index is -5.05. The van der Waals surface area contributed by atoms with Crippen molar-refractivity contribution in [2.45, 2.75) is 12.7 Å². The predicted octanol–water partition coefficient (Wildman–Crippen LogP) is 4.52. The van der Waals surface area contributed by atoms with Crippen LogP contribution in [0.15, 0.2) is 64.4 Å². The summed E-state index contributed by atoms with van der Waals surface area (Å²) >= 11 is 5.88. The number of alkyl halides is 3. The molecule has 36 heavy (non-hydrogen) atoms. The Balaban J connectivity index is 1.77. The maximum atomic E-state index is 13.6. The average Bonchev–Trinajstić information content (AvgIpc) is 2.82. The summed E-state index contributed by atoms with van der Waals surface area (Å²) in [5.74, 6) is -1.94. The van der Waals surface area contributed by atoms with Crippen LogP contribution in [-0.4, -0.2) is 19.7 Å². The lowest BCUT2D eigenvalue weighted by Gasteiger charge is -2.15. The minimum absolute atomic E-state index is 0.00142. The molecule has 1 N–H and O–H groups in total. The van der Waals surface area contributed by atoms with Gasteiger partial charge in [-0.25, -0.2) is 14.5 Å². The van der Waals surface area contributed by atoms with Crippen LogP contribution in [0.5, 0.6) is 11.5 Å². The van der Waals surface area contributed by atoms with Crippen LogP contribution in [0.4, 0.5) is 17.6 Å². The highest BCUT2D eigenvalue weighted by Crippen LogP contribution is 2.35. The second-order valence-electron chi connectivity index (χ2n) is 7.36. The van der Waals surface area contributed by atoms with Gasteiger partial charge in [0.2, 0.25) is 5.75 Å². The lowest BCUT2D eigenvalue weighted by Crippen LogP contribution is -2.28. The molecule has 0 bridgehead atoms. The summed E-state index contributed by atoms with van der Waals surface area (Å²) in [5.41, 5.74) is -2.90. The predicted molar refractivity (Wildman–Crippen MR) is 119 cm³/mol. The average molecular weight is 518 g/mol. The number of nitrogens with zero attached hydrogens (tertiary/aromatic N) is 4. The standard InChI is InChI=1S/C23H12ClF4N5O3/c24-15-5-12(9-29)6-17(8-15)36-19-20(23(26,27)28)30-11-33(22(19)35)10-14-7-18(31-32-21(14)34)13-1-3-16(25)4-2-13/h1-8,11H,10H2,(H,32,34). The number of rotatable bonds is 5. The van der Waals surface area contributed by atoms with Gasteiger partial charge in [-0.05, 0) is 48.5 Å². The summed E-state index contributed by atoms with van der Waals surface area (Å²) < 4.78 is 59.9. The van der Waals surface area contributed by atoms with E-state index in [4.69, 9.17) is 21.6 Å². The molecule has 4 rings (SSSR count). The Kier molecular flexibility index (Phi) is 6.59. The van der Waals surface area contributed by atoms with E-state index in [1.165, 1.54) is 36.4 Å². The van der Waals surface area contributed by atoms with Gasteiger partial charge in [0.15, 0.2) is 5.69 Å². The number of halogens is 5. The Bertz CT molecular complexity index is 1610. The zero-order valence-corrected chi connectivity index (χ0v) is 18.6. The van der Waals surface area contributed by atoms with Gasteiger partial charge in [0, 0.05) is 16.1 Å². The summed E-state index contributed by atoms with van der Waals surface area (Å²) in [7, 11) is 0. The van der Waals surface area contributed by atoms with Gasteiger partial charge in [0.25, 0.3) is 11.1 Å². The monoisotopic (exact) mass is 517 g/mol. The second kappa shape index (κ2) is 9.63. The van der Waals surface area contributed by atoms with Crippen molar-refractivity contribution in [1.82, 2.24) is 19.7 Å². The maximum Gasteiger partial charge on any atom is 0.437 e. The van der Waals surface area contributed by atoms with Crippen LogP contribution in [0.1, 0.15) is 16.8 Å². The molecule has 0 unspecified atom stereocenters. The van der Waals surface area contributed by atoms with Gasteiger partial charge in [-0.3, -0.25) is 14.2 Å². The first-order valence-electron chi connectivity index (χ1n) is 9.95. The molecule has 0 saturated heterocycles. The molecule has 2 heterocycles. The molecule has 182 valence electrons. The van der Waals surface area contributed by atoms with Gasteiger partial charge >= 0.3 is 6.18 Å². The molecule has 0 atom stereocenters. The molecule has 2 aromatic heterocycles. The number of benzene rings is 2. The summed E-state index contributed by atoms with van der Waals surface area (Å²) in [6.07, 6.45) is -4.41. The van der Waals surface area contributed by atoms with E-state index in [2.05, 4.69) is 15.2 Å². The third kappa shape index (κ3) is 5.26. The highest BCUT2D eigenvalue weighted by atomic mass is 35.5.